The molecule has 1 aliphatic rings. The maximum absolute atomic E-state index is 10.3. The number of aromatic amines is 1. The van der Waals surface area contributed by atoms with Crippen molar-refractivity contribution in [1.29, 1.82) is 0 Å². The largest absolute Gasteiger partial charge is 0.507 e. The Kier molecular flexibility index (Phi) is 7.04. The van der Waals surface area contributed by atoms with E-state index in [2.05, 4.69) is 47.8 Å². The number of hydrogen-bond acceptors (Lipinski definition) is 7. The average Bonchev–Trinajstić information content (AvgIpc) is 3.19. The summed E-state index contributed by atoms with van der Waals surface area (Å²) in [6.07, 6.45) is 4.14. The van der Waals surface area contributed by atoms with E-state index in [0.717, 1.165) is 36.9 Å². The van der Waals surface area contributed by atoms with Crippen molar-refractivity contribution < 1.29 is 10.2 Å². The van der Waals surface area contributed by atoms with Crippen molar-refractivity contribution in [1.82, 2.24) is 19.7 Å². The fraction of sp³-hybridized carbons (Fsp3) is 0.542. The van der Waals surface area contributed by atoms with Crippen molar-refractivity contribution in [3.05, 3.63) is 34.0 Å². The molecule has 1 aliphatic carbocycles. The second-order valence-corrected chi connectivity index (χ2v) is 10.1. The number of rotatable bonds is 6. The molecule has 9 nitrogen and oxygen atoms in total. The predicted molar refractivity (Wildman–Crippen MR) is 134 cm³/mol. The van der Waals surface area contributed by atoms with Crippen molar-refractivity contribution in [2.24, 2.45) is 10.7 Å². The molecule has 34 heavy (non-hydrogen) atoms. The van der Waals surface area contributed by atoms with Crippen LogP contribution in [0.4, 0.5) is 5.82 Å². The minimum absolute atomic E-state index is 0.00954. The quantitative estimate of drug-likeness (QED) is 0.351. The SMILES string of the molecule is CC(C)c1[nH]nc2c(NCc3c(O)cc(Cl)cc3O)nc(=NC3CCCCC3N)n(C(C)C)c12. The smallest absolute Gasteiger partial charge is 0.227 e. The number of benzene rings is 1. The molecule has 1 fully saturated rings. The van der Waals surface area contributed by atoms with Gasteiger partial charge >= 0.3 is 0 Å². The number of phenols is 2. The number of nitrogens with one attached hydrogen (secondary N) is 2. The standard InChI is InChI=1S/C24H34ClN7O2/c1-12(2)20-22-21(31-30-20)23(27-11-15-18(33)9-14(25)10-19(15)34)29-24(32(22)13(3)4)28-17-8-6-5-7-16(17)26/h9-10,12-13,16-17,33-34H,5-8,11,26H2,1-4H3,(H,30,31)(H,27,28,29). The number of aromatic hydroxyl groups is 2. The van der Waals surface area contributed by atoms with Crippen LogP contribution in [0.5, 0.6) is 11.5 Å². The molecule has 0 spiro atoms. The van der Waals surface area contributed by atoms with Gasteiger partial charge in [0.05, 0.1) is 22.8 Å². The summed E-state index contributed by atoms with van der Waals surface area (Å²) in [5.41, 5.74) is 9.95. The van der Waals surface area contributed by atoms with Gasteiger partial charge in [0.15, 0.2) is 11.3 Å². The Morgan fingerprint density at radius 3 is 2.50 bits per heavy atom. The first kappa shape index (κ1) is 24.3. The van der Waals surface area contributed by atoms with Gasteiger partial charge in [-0.15, -0.1) is 0 Å². The van der Waals surface area contributed by atoms with Crippen LogP contribution in [0.3, 0.4) is 0 Å². The Bertz CT molecular complexity index is 1230. The molecule has 2 heterocycles. The normalized spacial score (nSPS) is 19.5. The number of hydrogen-bond donors (Lipinski definition) is 5. The van der Waals surface area contributed by atoms with Crippen LogP contribution in [0.2, 0.25) is 5.02 Å². The van der Waals surface area contributed by atoms with Gasteiger partial charge < -0.3 is 25.8 Å². The van der Waals surface area contributed by atoms with Crippen molar-refractivity contribution in [2.75, 3.05) is 5.32 Å². The van der Waals surface area contributed by atoms with E-state index in [1.54, 1.807) is 0 Å². The predicted octanol–water partition coefficient (Wildman–Crippen LogP) is 4.31. The second kappa shape index (κ2) is 9.84. The minimum atomic E-state index is -0.0927. The minimum Gasteiger partial charge on any atom is -0.507 e. The topological polar surface area (TPSA) is 137 Å². The molecule has 0 amide bonds. The van der Waals surface area contributed by atoms with E-state index < -0.39 is 0 Å². The van der Waals surface area contributed by atoms with E-state index in [9.17, 15) is 10.2 Å². The first-order valence-corrected chi connectivity index (χ1v) is 12.3. The van der Waals surface area contributed by atoms with E-state index in [4.69, 9.17) is 27.3 Å². The molecule has 2 aromatic heterocycles. The maximum atomic E-state index is 10.3. The molecule has 0 saturated heterocycles. The zero-order valence-electron chi connectivity index (χ0n) is 20.1. The third-order valence-electron chi connectivity index (χ3n) is 6.42. The number of phenolic OH excluding ortho intramolecular Hbond substituents is 2. The number of anilines is 1. The molecule has 0 bridgehead atoms. The summed E-state index contributed by atoms with van der Waals surface area (Å²) >= 11 is 5.93. The Hall–Kier alpha value is -2.78. The van der Waals surface area contributed by atoms with Crippen LogP contribution >= 0.6 is 11.6 Å². The summed E-state index contributed by atoms with van der Waals surface area (Å²) in [7, 11) is 0. The van der Waals surface area contributed by atoms with E-state index in [0.29, 0.717) is 22.5 Å². The fourth-order valence-electron chi connectivity index (χ4n) is 4.58. The van der Waals surface area contributed by atoms with E-state index >= 15 is 0 Å². The van der Waals surface area contributed by atoms with Gasteiger partial charge in [0.1, 0.15) is 11.5 Å². The lowest BCUT2D eigenvalue weighted by Crippen LogP contribution is -2.39. The molecule has 0 aliphatic heterocycles. The van der Waals surface area contributed by atoms with Crippen molar-refractivity contribution in [3.63, 3.8) is 0 Å². The Balaban J connectivity index is 1.87. The highest BCUT2D eigenvalue weighted by atomic mass is 35.5. The van der Waals surface area contributed by atoms with Crippen molar-refractivity contribution in [3.8, 4) is 11.5 Å². The summed E-state index contributed by atoms with van der Waals surface area (Å²) in [4.78, 5) is 9.91. The van der Waals surface area contributed by atoms with E-state index in [1.807, 2.05) is 0 Å². The molecule has 3 aromatic rings. The molecule has 6 N–H and O–H groups in total. The molecule has 184 valence electrons. The first-order valence-electron chi connectivity index (χ1n) is 11.9. The summed E-state index contributed by atoms with van der Waals surface area (Å²) in [6, 6.07) is 2.92. The molecule has 4 rings (SSSR count). The van der Waals surface area contributed by atoms with Crippen LogP contribution in [-0.2, 0) is 6.54 Å². The van der Waals surface area contributed by atoms with E-state index in [-0.39, 0.29) is 47.1 Å². The number of nitrogens with two attached hydrogens (primary N) is 1. The monoisotopic (exact) mass is 487 g/mol. The third-order valence-corrected chi connectivity index (χ3v) is 6.64. The summed E-state index contributed by atoms with van der Waals surface area (Å²) in [6.45, 7) is 8.57. The Labute approximate surface area is 204 Å². The number of H-pyrrole nitrogens is 1. The van der Waals surface area contributed by atoms with Crippen molar-refractivity contribution in [2.45, 2.75) is 84.0 Å². The summed E-state index contributed by atoms with van der Waals surface area (Å²) in [5, 5.41) is 31.9. The van der Waals surface area contributed by atoms with Gasteiger partial charge in [-0.2, -0.15) is 10.1 Å². The van der Waals surface area contributed by atoms with Gasteiger partial charge in [0.25, 0.3) is 0 Å². The highest BCUT2D eigenvalue weighted by Gasteiger charge is 2.24. The molecule has 10 heteroatoms. The Morgan fingerprint density at radius 1 is 1.21 bits per heavy atom. The number of aromatic nitrogens is 4. The lowest BCUT2D eigenvalue weighted by molar-refractivity contribution is 0.375. The van der Waals surface area contributed by atoms with E-state index in [1.165, 1.54) is 12.1 Å². The highest BCUT2D eigenvalue weighted by molar-refractivity contribution is 6.30. The van der Waals surface area contributed by atoms with Crippen LogP contribution in [0.1, 0.15) is 76.6 Å². The van der Waals surface area contributed by atoms with Crippen LogP contribution in [0.15, 0.2) is 17.1 Å². The van der Waals surface area contributed by atoms with Crippen LogP contribution in [-0.4, -0.2) is 42.0 Å². The van der Waals surface area contributed by atoms with Crippen LogP contribution in [0, 0.1) is 0 Å². The van der Waals surface area contributed by atoms with Gasteiger partial charge in [-0.3, -0.25) is 5.10 Å². The second-order valence-electron chi connectivity index (χ2n) is 9.63. The number of halogens is 1. The van der Waals surface area contributed by atoms with Crippen LogP contribution in [0.25, 0.3) is 11.0 Å². The van der Waals surface area contributed by atoms with Crippen LogP contribution < -0.4 is 16.7 Å². The first-order chi connectivity index (χ1) is 16.2. The third kappa shape index (κ3) is 4.72. The van der Waals surface area contributed by atoms with Gasteiger partial charge in [-0.1, -0.05) is 38.3 Å². The highest BCUT2D eigenvalue weighted by Crippen LogP contribution is 2.33. The lowest BCUT2D eigenvalue weighted by atomic mass is 9.91. The summed E-state index contributed by atoms with van der Waals surface area (Å²) in [5.74, 6) is 0.543. The average molecular weight is 488 g/mol. The fourth-order valence-corrected chi connectivity index (χ4v) is 4.79. The van der Waals surface area contributed by atoms with Crippen molar-refractivity contribution >= 4 is 28.5 Å². The molecule has 1 saturated carbocycles. The number of fused-ring (bicyclic) bond motifs is 1. The molecule has 2 unspecified atom stereocenters. The van der Waals surface area contributed by atoms with Gasteiger partial charge in [-0.05, 0) is 44.7 Å². The van der Waals surface area contributed by atoms with Gasteiger partial charge in [0.2, 0.25) is 5.62 Å². The Morgan fingerprint density at radius 2 is 1.88 bits per heavy atom. The summed E-state index contributed by atoms with van der Waals surface area (Å²) < 4.78 is 2.12. The zero-order valence-corrected chi connectivity index (χ0v) is 20.9. The zero-order chi connectivity index (χ0) is 24.6. The molecular formula is C24H34ClN7O2. The maximum Gasteiger partial charge on any atom is 0.227 e. The number of nitrogens with zero attached hydrogens (tertiary/aromatic N) is 4. The lowest BCUT2D eigenvalue weighted by Gasteiger charge is -2.25. The molecular weight excluding hydrogens is 454 g/mol. The molecule has 0 radical (unpaired) electrons. The molecule has 1 aromatic carbocycles. The molecule has 2 atom stereocenters. The van der Waals surface area contributed by atoms with Gasteiger partial charge in [-0.25, -0.2) is 4.99 Å². The van der Waals surface area contributed by atoms with Gasteiger partial charge in [0, 0.05) is 23.7 Å².